The highest BCUT2D eigenvalue weighted by molar-refractivity contribution is 5.88. The number of benzene rings is 2. The van der Waals surface area contributed by atoms with Crippen molar-refractivity contribution < 1.29 is 13.9 Å². The predicted octanol–water partition coefficient (Wildman–Crippen LogP) is 5.27. The summed E-state index contributed by atoms with van der Waals surface area (Å²) in [6.07, 6.45) is 5.36. The molecule has 1 amide bonds. The minimum Gasteiger partial charge on any atom is -0.493 e. The van der Waals surface area contributed by atoms with E-state index in [-0.39, 0.29) is 11.7 Å². The molecule has 0 aliphatic heterocycles. The molecule has 134 valence electrons. The zero-order chi connectivity index (χ0) is 18.1. The van der Waals surface area contributed by atoms with E-state index in [1.165, 1.54) is 24.6 Å². The number of rotatable bonds is 9. The Bertz CT molecular complexity index is 663. The molecular weight excluding hydrogens is 317 g/mol. The van der Waals surface area contributed by atoms with Crippen LogP contribution in [0.25, 0.3) is 0 Å². The summed E-state index contributed by atoms with van der Waals surface area (Å²) < 4.78 is 18.9. The number of carbonyl (C=O) groups excluding carboxylic acids is 1. The lowest BCUT2D eigenvalue weighted by Crippen LogP contribution is -2.05. The van der Waals surface area contributed by atoms with Crippen molar-refractivity contribution in [2.45, 2.75) is 46.0 Å². The molecule has 0 heterocycles. The third-order valence-electron chi connectivity index (χ3n) is 3.92. The second-order valence-corrected chi connectivity index (χ2v) is 6.36. The van der Waals surface area contributed by atoms with Gasteiger partial charge in [0.2, 0.25) is 5.91 Å². The number of nitrogens with one attached hydrogen (secondary N) is 1. The van der Waals surface area contributed by atoms with Crippen LogP contribution in [0.5, 0.6) is 5.75 Å². The van der Waals surface area contributed by atoms with Gasteiger partial charge in [-0.05, 0) is 61.6 Å². The number of amides is 1. The average molecular weight is 343 g/mol. The van der Waals surface area contributed by atoms with E-state index in [4.69, 9.17) is 4.74 Å². The number of anilines is 1. The Kier molecular flexibility index (Phi) is 7.45. The predicted molar refractivity (Wildman–Crippen MR) is 99.5 cm³/mol. The molecule has 0 spiro atoms. The molecule has 1 N–H and O–H groups in total. The van der Waals surface area contributed by atoms with Crippen molar-refractivity contribution >= 4 is 11.6 Å². The molecule has 0 saturated heterocycles. The van der Waals surface area contributed by atoms with E-state index in [9.17, 15) is 9.18 Å². The summed E-state index contributed by atoms with van der Waals surface area (Å²) in [5.41, 5.74) is 2.99. The van der Waals surface area contributed by atoms with Gasteiger partial charge in [0.1, 0.15) is 11.6 Å². The number of carbonyl (C=O) groups is 1. The summed E-state index contributed by atoms with van der Waals surface area (Å²) in [5, 5.41) is 2.77. The van der Waals surface area contributed by atoms with Crippen LogP contribution >= 0.6 is 0 Å². The SMILES string of the molecule is CC(=O)Nc1ccc(CCCCCCOc2cc(C)cc(F)c2)cc1. The molecule has 2 rings (SSSR count). The second kappa shape index (κ2) is 9.82. The second-order valence-electron chi connectivity index (χ2n) is 6.36. The van der Waals surface area contributed by atoms with Crippen LogP contribution < -0.4 is 10.1 Å². The van der Waals surface area contributed by atoms with Crippen molar-refractivity contribution in [1.82, 2.24) is 0 Å². The van der Waals surface area contributed by atoms with Crippen molar-refractivity contribution in [1.29, 1.82) is 0 Å². The first-order valence-corrected chi connectivity index (χ1v) is 8.79. The first kappa shape index (κ1) is 19.0. The molecule has 0 fully saturated rings. The lowest BCUT2D eigenvalue weighted by atomic mass is 10.1. The standard InChI is InChI=1S/C21H26FNO2/c1-16-13-19(22)15-21(14-16)25-12-6-4-3-5-7-18-8-10-20(11-9-18)23-17(2)24/h8-11,13-15H,3-7,12H2,1-2H3,(H,23,24). The van der Waals surface area contributed by atoms with Crippen molar-refractivity contribution in [2.24, 2.45) is 0 Å². The molecule has 0 aliphatic carbocycles. The van der Waals surface area contributed by atoms with Gasteiger partial charge in [0.15, 0.2) is 0 Å². The van der Waals surface area contributed by atoms with Crippen LogP contribution in [-0.2, 0) is 11.2 Å². The molecule has 0 atom stereocenters. The van der Waals surface area contributed by atoms with Gasteiger partial charge in [-0.3, -0.25) is 4.79 Å². The van der Waals surface area contributed by atoms with E-state index >= 15 is 0 Å². The van der Waals surface area contributed by atoms with E-state index in [1.807, 2.05) is 25.1 Å². The van der Waals surface area contributed by atoms with E-state index < -0.39 is 0 Å². The van der Waals surface area contributed by atoms with E-state index in [1.54, 1.807) is 0 Å². The molecule has 2 aromatic rings. The number of aryl methyl sites for hydroxylation is 2. The zero-order valence-electron chi connectivity index (χ0n) is 15.0. The fraction of sp³-hybridized carbons (Fsp3) is 0.381. The van der Waals surface area contributed by atoms with Crippen molar-refractivity contribution in [3.05, 3.63) is 59.4 Å². The Morgan fingerprint density at radius 1 is 1.04 bits per heavy atom. The average Bonchev–Trinajstić information content (AvgIpc) is 2.54. The van der Waals surface area contributed by atoms with E-state index in [0.717, 1.165) is 43.4 Å². The summed E-state index contributed by atoms with van der Waals surface area (Å²) in [6.45, 7) is 3.99. The summed E-state index contributed by atoms with van der Waals surface area (Å²) in [6, 6.07) is 12.8. The number of hydrogen-bond donors (Lipinski definition) is 1. The molecule has 2 aromatic carbocycles. The minimum atomic E-state index is -0.250. The summed E-state index contributed by atoms with van der Waals surface area (Å²) in [7, 11) is 0. The van der Waals surface area contributed by atoms with Crippen molar-refractivity contribution in [3.8, 4) is 5.75 Å². The quantitative estimate of drug-likeness (QED) is 0.630. The van der Waals surface area contributed by atoms with E-state index in [0.29, 0.717) is 12.4 Å². The number of hydrogen-bond acceptors (Lipinski definition) is 2. The largest absolute Gasteiger partial charge is 0.493 e. The maximum Gasteiger partial charge on any atom is 0.221 e. The first-order chi connectivity index (χ1) is 12.0. The van der Waals surface area contributed by atoms with Crippen LogP contribution in [0.1, 0.15) is 43.7 Å². The Hall–Kier alpha value is -2.36. The Morgan fingerprint density at radius 3 is 2.44 bits per heavy atom. The van der Waals surface area contributed by atoms with Gasteiger partial charge in [-0.25, -0.2) is 4.39 Å². The number of ether oxygens (including phenoxy) is 1. The van der Waals surface area contributed by atoms with Crippen LogP contribution in [0.2, 0.25) is 0 Å². The minimum absolute atomic E-state index is 0.0524. The molecule has 0 radical (unpaired) electrons. The number of unbranched alkanes of at least 4 members (excludes halogenated alkanes) is 3. The van der Waals surface area contributed by atoms with Gasteiger partial charge in [0.25, 0.3) is 0 Å². The smallest absolute Gasteiger partial charge is 0.221 e. The van der Waals surface area contributed by atoms with Crippen LogP contribution in [-0.4, -0.2) is 12.5 Å². The third-order valence-corrected chi connectivity index (χ3v) is 3.92. The van der Waals surface area contributed by atoms with Gasteiger partial charge in [-0.1, -0.05) is 25.0 Å². The van der Waals surface area contributed by atoms with Gasteiger partial charge in [-0.15, -0.1) is 0 Å². The highest BCUT2D eigenvalue weighted by Gasteiger charge is 2.00. The van der Waals surface area contributed by atoms with Gasteiger partial charge in [0.05, 0.1) is 6.61 Å². The van der Waals surface area contributed by atoms with Gasteiger partial charge >= 0.3 is 0 Å². The fourth-order valence-corrected chi connectivity index (χ4v) is 2.72. The molecule has 0 aliphatic rings. The lowest BCUT2D eigenvalue weighted by Gasteiger charge is -2.07. The molecular formula is C21H26FNO2. The highest BCUT2D eigenvalue weighted by Crippen LogP contribution is 2.17. The third kappa shape index (κ3) is 7.38. The Labute approximate surface area is 149 Å². The van der Waals surface area contributed by atoms with Gasteiger partial charge in [0, 0.05) is 18.7 Å². The first-order valence-electron chi connectivity index (χ1n) is 8.79. The molecule has 0 saturated carbocycles. The molecule has 0 bridgehead atoms. The fourth-order valence-electron chi connectivity index (χ4n) is 2.72. The summed E-state index contributed by atoms with van der Waals surface area (Å²) in [5.74, 6) is 0.305. The lowest BCUT2D eigenvalue weighted by molar-refractivity contribution is -0.114. The molecule has 0 aromatic heterocycles. The van der Waals surface area contributed by atoms with Crippen molar-refractivity contribution in [3.63, 3.8) is 0 Å². The van der Waals surface area contributed by atoms with Crippen molar-refractivity contribution in [2.75, 3.05) is 11.9 Å². The molecule has 0 unspecified atom stereocenters. The maximum atomic E-state index is 13.3. The van der Waals surface area contributed by atoms with Gasteiger partial charge < -0.3 is 10.1 Å². The van der Waals surface area contributed by atoms with Crippen LogP contribution in [0.3, 0.4) is 0 Å². The Balaban J connectivity index is 1.58. The van der Waals surface area contributed by atoms with Crippen LogP contribution in [0.15, 0.2) is 42.5 Å². The Morgan fingerprint density at radius 2 is 1.76 bits per heavy atom. The topological polar surface area (TPSA) is 38.3 Å². The van der Waals surface area contributed by atoms with Crippen LogP contribution in [0.4, 0.5) is 10.1 Å². The summed E-state index contributed by atoms with van der Waals surface area (Å²) >= 11 is 0. The molecule has 3 nitrogen and oxygen atoms in total. The number of halogens is 1. The molecule has 4 heteroatoms. The normalized spacial score (nSPS) is 10.5. The van der Waals surface area contributed by atoms with Gasteiger partial charge in [-0.2, -0.15) is 0 Å². The zero-order valence-corrected chi connectivity index (χ0v) is 15.0. The molecule has 25 heavy (non-hydrogen) atoms. The maximum absolute atomic E-state index is 13.3. The van der Waals surface area contributed by atoms with E-state index in [2.05, 4.69) is 17.4 Å². The summed E-state index contributed by atoms with van der Waals surface area (Å²) in [4.78, 5) is 11.0. The highest BCUT2D eigenvalue weighted by atomic mass is 19.1. The van der Waals surface area contributed by atoms with Crippen LogP contribution in [0, 0.1) is 12.7 Å². The monoisotopic (exact) mass is 343 g/mol.